The first-order chi connectivity index (χ1) is 11.1. The summed E-state index contributed by atoms with van der Waals surface area (Å²) < 4.78 is 27.5. The molecule has 2 aromatic rings. The van der Waals surface area contributed by atoms with Crippen molar-refractivity contribution in [3.05, 3.63) is 54.6 Å². The van der Waals surface area contributed by atoms with E-state index in [1.165, 1.54) is 4.31 Å². The van der Waals surface area contributed by atoms with Crippen molar-refractivity contribution in [3.63, 3.8) is 0 Å². The van der Waals surface area contributed by atoms with Crippen LogP contribution < -0.4 is 9.62 Å². The molecule has 0 spiro atoms. The summed E-state index contributed by atoms with van der Waals surface area (Å²) in [4.78, 5) is 12.6. The van der Waals surface area contributed by atoms with Gasteiger partial charge in [-0.15, -0.1) is 0 Å². The number of hydrogen-bond donors (Lipinski definition) is 1. The standard InChI is InChI=1S/C17H18N2O3S/c1-2-8-16-17(20)18-14-11-6-7-12-15(14)19(16)23(21,22)13-9-4-3-5-10-13/h3-7,9-12,16H,2,8H2,1H3,(H,18,20)/t16-/m1/s1. The van der Waals surface area contributed by atoms with Gasteiger partial charge in [0.2, 0.25) is 5.91 Å². The summed E-state index contributed by atoms with van der Waals surface area (Å²) in [5, 5.41) is 2.80. The SMILES string of the molecule is CCC[C@@H]1C(=O)Nc2ccccc2N1S(=O)(=O)c1ccccc1. The van der Waals surface area contributed by atoms with Gasteiger partial charge in [-0.1, -0.05) is 43.7 Å². The highest BCUT2D eigenvalue weighted by atomic mass is 32.2. The smallest absolute Gasteiger partial charge is 0.265 e. The van der Waals surface area contributed by atoms with Gasteiger partial charge in [-0.25, -0.2) is 8.42 Å². The van der Waals surface area contributed by atoms with Crippen LogP contribution in [0.1, 0.15) is 19.8 Å². The fourth-order valence-corrected chi connectivity index (χ4v) is 4.47. The average molecular weight is 330 g/mol. The Balaban J connectivity index is 2.18. The number of fused-ring (bicyclic) bond motifs is 1. The van der Waals surface area contributed by atoms with Crippen LogP contribution in [0.25, 0.3) is 0 Å². The summed E-state index contributed by atoms with van der Waals surface area (Å²) in [5.74, 6) is -0.287. The summed E-state index contributed by atoms with van der Waals surface area (Å²) in [6, 6.07) is 14.5. The summed E-state index contributed by atoms with van der Waals surface area (Å²) in [7, 11) is -3.81. The second kappa shape index (κ2) is 6.04. The van der Waals surface area contributed by atoms with Gasteiger partial charge in [0.15, 0.2) is 0 Å². The predicted molar refractivity (Wildman–Crippen MR) is 89.9 cm³/mol. The van der Waals surface area contributed by atoms with Crippen LogP contribution in [0.4, 0.5) is 11.4 Å². The highest BCUT2D eigenvalue weighted by Gasteiger charge is 2.40. The van der Waals surface area contributed by atoms with Gasteiger partial charge in [-0.05, 0) is 30.7 Å². The Morgan fingerprint density at radius 1 is 1.04 bits per heavy atom. The van der Waals surface area contributed by atoms with Crippen molar-refractivity contribution in [2.24, 2.45) is 0 Å². The van der Waals surface area contributed by atoms with Crippen molar-refractivity contribution in [2.75, 3.05) is 9.62 Å². The number of nitrogens with zero attached hydrogens (tertiary/aromatic N) is 1. The molecule has 5 nitrogen and oxygen atoms in total. The number of hydrogen-bond acceptors (Lipinski definition) is 3. The topological polar surface area (TPSA) is 66.5 Å². The zero-order valence-corrected chi connectivity index (χ0v) is 13.6. The normalized spacial score (nSPS) is 17.5. The number of amides is 1. The Bertz CT molecular complexity index is 819. The van der Waals surface area contributed by atoms with Crippen molar-refractivity contribution in [3.8, 4) is 0 Å². The molecule has 120 valence electrons. The molecule has 1 amide bonds. The van der Waals surface area contributed by atoms with E-state index in [9.17, 15) is 13.2 Å². The lowest BCUT2D eigenvalue weighted by molar-refractivity contribution is -0.117. The van der Waals surface area contributed by atoms with E-state index in [1.54, 1.807) is 54.6 Å². The number of sulfonamides is 1. The minimum Gasteiger partial charge on any atom is -0.322 e. The maximum absolute atomic E-state index is 13.1. The lowest BCUT2D eigenvalue weighted by Gasteiger charge is -2.36. The number of nitrogens with one attached hydrogen (secondary N) is 1. The van der Waals surface area contributed by atoms with Gasteiger partial charge < -0.3 is 5.32 Å². The van der Waals surface area contributed by atoms with Crippen LogP contribution in [-0.2, 0) is 14.8 Å². The molecular weight excluding hydrogens is 312 g/mol. The Kier molecular flexibility index (Phi) is 4.09. The quantitative estimate of drug-likeness (QED) is 0.937. The van der Waals surface area contributed by atoms with Gasteiger partial charge in [0.25, 0.3) is 10.0 Å². The first kappa shape index (κ1) is 15.6. The summed E-state index contributed by atoms with van der Waals surface area (Å²) in [5.41, 5.74) is 1.03. The lowest BCUT2D eigenvalue weighted by atomic mass is 10.1. The second-order valence-corrected chi connectivity index (χ2v) is 7.24. The van der Waals surface area contributed by atoms with E-state index in [0.29, 0.717) is 24.2 Å². The van der Waals surface area contributed by atoms with Gasteiger partial charge in [0.1, 0.15) is 6.04 Å². The molecule has 1 aliphatic heterocycles. The minimum absolute atomic E-state index is 0.186. The van der Waals surface area contributed by atoms with E-state index in [2.05, 4.69) is 5.32 Å². The number of carbonyl (C=O) groups is 1. The van der Waals surface area contributed by atoms with Crippen LogP contribution in [0.3, 0.4) is 0 Å². The van der Waals surface area contributed by atoms with E-state index >= 15 is 0 Å². The average Bonchev–Trinajstić information content (AvgIpc) is 2.56. The molecule has 0 unspecified atom stereocenters. The lowest BCUT2D eigenvalue weighted by Crippen LogP contribution is -2.50. The monoisotopic (exact) mass is 330 g/mol. The van der Waals surface area contributed by atoms with E-state index in [4.69, 9.17) is 0 Å². The summed E-state index contributed by atoms with van der Waals surface area (Å²) in [6.45, 7) is 1.93. The Morgan fingerprint density at radius 3 is 2.39 bits per heavy atom. The number of carbonyl (C=O) groups excluding carboxylic acids is 1. The fourth-order valence-electron chi connectivity index (χ4n) is 2.79. The molecule has 0 saturated carbocycles. The molecule has 3 rings (SSSR count). The molecule has 1 aliphatic rings. The maximum Gasteiger partial charge on any atom is 0.265 e. The van der Waals surface area contributed by atoms with E-state index < -0.39 is 16.1 Å². The van der Waals surface area contributed by atoms with E-state index in [-0.39, 0.29) is 10.8 Å². The third-order valence-electron chi connectivity index (χ3n) is 3.85. The predicted octanol–water partition coefficient (Wildman–Crippen LogP) is 3.00. The third kappa shape index (κ3) is 2.70. The van der Waals surface area contributed by atoms with E-state index in [1.807, 2.05) is 6.92 Å². The third-order valence-corrected chi connectivity index (χ3v) is 5.68. The highest BCUT2D eigenvalue weighted by Crippen LogP contribution is 2.37. The Morgan fingerprint density at radius 2 is 1.70 bits per heavy atom. The van der Waals surface area contributed by atoms with E-state index in [0.717, 1.165) is 0 Å². The van der Waals surface area contributed by atoms with Gasteiger partial charge in [0, 0.05) is 0 Å². The Hall–Kier alpha value is -2.34. The number of rotatable bonds is 4. The zero-order chi connectivity index (χ0) is 16.4. The van der Waals surface area contributed by atoms with Gasteiger partial charge in [0.05, 0.1) is 16.3 Å². The maximum atomic E-state index is 13.1. The van der Waals surface area contributed by atoms with Crippen LogP contribution in [0, 0.1) is 0 Å². The molecule has 1 atom stereocenters. The van der Waals surface area contributed by atoms with Gasteiger partial charge >= 0.3 is 0 Å². The van der Waals surface area contributed by atoms with Crippen molar-refractivity contribution >= 4 is 27.3 Å². The molecule has 2 aromatic carbocycles. The molecule has 0 aromatic heterocycles. The fraction of sp³-hybridized carbons (Fsp3) is 0.235. The number of para-hydroxylation sites is 2. The molecular formula is C17H18N2O3S. The molecule has 1 heterocycles. The van der Waals surface area contributed by atoms with Crippen molar-refractivity contribution < 1.29 is 13.2 Å². The molecule has 0 saturated heterocycles. The van der Waals surface area contributed by atoms with Crippen molar-refractivity contribution in [1.29, 1.82) is 0 Å². The summed E-state index contributed by atoms with van der Waals surface area (Å²) >= 11 is 0. The highest BCUT2D eigenvalue weighted by molar-refractivity contribution is 7.93. The molecule has 0 radical (unpaired) electrons. The van der Waals surface area contributed by atoms with Crippen molar-refractivity contribution in [1.82, 2.24) is 0 Å². The molecule has 1 N–H and O–H groups in total. The molecule has 23 heavy (non-hydrogen) atoms. The number of benzene rings is 2. The minimum atomic E-state index is -3.81. The van der Waals surface area contributed by atoms with Crippen LogP contribution >= 0.6 is 0 Å². The molecule has 0 fully saturated rings. The Labute approximate surface area is 136 Å². The van der Waals surface area contributed by atoms with Crippen LogP contribution in [0.5, 0.6) is 0 Å². The van der Waals surface area contributed by atoms with Crippen LogP contribution in [0.15, 0.2) is 59.5 Å². The molecule has 6 heteroatoms. The van der Waals surface area contributed by atoms with Crippen molar-refractivity contribution in [2.45, 2.75) is 30.7 Å². The largest absolute Gasteiger partial charge is 0.322 e. The van der Waals surface area contributed by atoms with Crippen LogP contribution in [0.2, 0.25) is 0 Å². The molecule has 0 aliphatic carbocycles. The summed E-state index contributed by atoms with van der Waals surface area (Å²) in [6.07, 6.45) is 1.17. The number of anilines is 2. The molecule has 0 bridgehead atoms. The zero-order valence-electron chi connectivity index (χ0n) is 12.8. The first-order valence-corrected chi connectivity index (χ1v) is 8.99. The van der Waals surface area contributed by atoms with Crippen LogP contribution in [-0.4, -0.2) is 20.4 Å². The van der Waals surface area contributed by atoms with Gasteiger partial charge in [-0.3, -0.25) is 9.10 Å². The second-order valence-electron chi connectivity index (χ2n) is 5.42. The van der Waals surface area contributed by atoms with Gasteiger partial charge in [-0.2, -0.15) is 0 Å². The first-order valence-electron chi connectivity index (χ1n) is 7.55.